The molecule has 0 aliphatic heterocycles. The summed E-state index contributed by atoms with van der Waals surface area (Å²) in [5, 5.41) is 2.92. The van der Waals surface area contributed by atoms with Crippen molar-refractivity contribution in [2.75, 3.05) is 5.32 Å². The van der Waals surface area contributed by atoms with Crippen LogP contribution in [0.15, 0.2) is 24.3 Å². The number of hydrogen-bond donors (Lipinski definition) is 2. The molecule has 19 heavy (non-hydrogen) atoms. The molecule has 3 nitrogen and oxygen atoms in total. The number of carbonyl (C=O) groups is 1. The molecule has 1 aliphatic rings. The van der Waals surface area contributed by atoms with Crippen LogP contribution in [0.5, 0.6) is 0 Å². The van der Waals surface area contributed by atoms with Crippen LogP contribution < -0.4 is 11.1 Å². The molecule has 2 rings (SSSR count). The first-order valence-corrected chi connectivity index (χ1v) is 7.33. The fourth-order valence-electron chi connectivity index (χ4n) is 2.25. The Hall–Kier alpha value is -1.35. The number of nitrogens with two attached hydrogens (primary N) is 1. The van der Waals surface area contributed by atoms with Gasteiger partial charge < -0.3 is 11.1 Å². The number of aryl methyl sites for hydroxylation is 1. The van der Waals surface area contributed by atoms with E-state index in [1.165, 1.54) is 31.2 Å². The van der Waals surface area contributed by atoms with Gasteiger partial charge in [-0.3, -0.25) is 4.79 Å². The molecular weight excluding hydrogens is 236 g/mol. The average molecular weight is 260 g/mol. The van der Waals surface area contributed by atoms with E-state index in [0.29, 0.717) is 12.3 Å². The van der Waals surface area contributed by atoms with Crippen LogP contribution in [0.2, 0.25) is 0 Å². The summed E-state index contributed by atoms with van der Waals surface area (Å²) in [5.41, 5.74) is 8.15. The second-order valence-corrected chi connectivity index (χ2v) is 5.55. The van der Waals surface area contributed by atoms with Gasteiger partial charge >= 0.3 is 0 Å². The summed E-state index contributed by atoms with van der Waals surface area (Å²) in [4.78, 5) is 11.8. The van der Waals surface area contributed by atoms with Gasteiger partial charge in [0.1, 0.15) is 0 Å². The Morgan fingerprint density at radius 2 is 2.05 bits per heavy atom. The van der Waals surface area contributed by atoms with Crippen molar-refractivity contribution in [3.05, 3.63) is 29.8 Å². The van der Waals surface area contributed by atoms with E-state index in [4.69, 9.17) is 5.73 Å². The number of rotatable bonds is 7. The molecular formula is C16H24N2O. The Bertz CT molecular complexity index is 409. The summed E-state index contributed by atoms with van der Waals surface area (Å²) in [7, 11) is 0. The lowest BCUT2D eigenvalue weighted by Crippen LogP contribution is -2.28. The van der Waals surface area contributed by atoms with E-state index in [1.807, 2.05) is 12.1 Å². The first-order valence-electron chi connectivity index (χ1n) is 7.33. The van der Waals surface area contributed by atoms with Crippen LogP contribution in [0.3, 0.4) is 0 Å². The van der Waals surface area contributed by atoms with Crippen molar-refractivity contribution in [1.29, 1.82) is 0 Å². The highest BCUT2D eigenvalue weighted by atomic mass is 16.1. The third-order valence-corrected chi connectivity index (χ3v) is 3.71. The largest absolute Gasteiger partial charge is 0.327 e. The van der Waals surface area contributed by atoms with Gasteiger partial charge in [0.05, 0.1) is 0 Å². The van der Waals surface area contributed by atoms with Crippen molar-refractivity contribution in [3.63, 3.8) is 0 Å². The Morgan fingerprint density at radius 1 is 1.37 bits per heavy atom. The summed E-state index contributed by atoms with van der Waals surface area (Å²) < 4.78 is 0. The monoisotopic (exact) mass is 260 g/mol. The maximum absolute atomic E-state index is 11.8. The number of carbonyl (C=O) groups excluding carboxylic acids is 1. The molecule has 0 heterocycles. The second-order valence-electron chi connectivity index (χ2n) is 5.55. The zero-order chi connectivity index (χ0) is 13.7. The molecule has 0 spiro atoms. The SMILES string of the molecule is CCCCc1ccc(NC(=O)CC(N)C2CC2)cc1. The van der Waals surface area contributed by atoms with Gasteiger partial charge in [-0.15, -0.1) is 0 Å². The number of unbranched alkanes of at least 4 members (excludes halogenated alkanes) is 1. The summed E-state index contributed by atoms with van der Waals surface area (Å²) in [6.45, 7) is 2.19. The molecule has 1 atom stereocenters. The minimum Gasteiger partial charge on any atom is -0.327 e. The van der Waals surface area contributed by atoms with Crippen molar-refractivity contribution in [1.82, 2.24) is 0 Å². The number of anilines is 1. The van der Waals surface area contributed by atoms with Gasteiger partial charge in [-0.2, -0.15) is 0 Å². The second kappa shape index (κ2) is 6.71. The molecule has 1 fully saturated rings. The summed E-state index contributed by atoms with van der Waals surface area (Å²) in [5.74, 6) is 0.600. The topological polar surface area (TPSA) is 55.1 Å². The molecule has 1 amide bonds. The Labute approximate surface area is 115 Å². The number of hydrogen-bond acceptors (Lipinski definition) is 2. The predicted molar refractivity (Wildman–Crippen MR) is 79.0 cm³/mol. The Kier molecular flexibility index (Phi) is 4.97. The van der Waals surface area contributed by atoms with Gasteiger partial charge in [-0.25, -0.2) is 0 Å². The molecule has 1 aromatic carbocycles. The number of amides is 1. The van der Waals surface area contributed by atoms with E-state index in [1.54, 1.807) is 0 Å². The fraction of sp³-hybridized carbons (Fsp3) is 0.562. The quantitative estimate of drug-likeness (QED) is 0.791. The van der Waals surface area contributed by atoms with E-state index in [0.717, 1.165) is 12.1 Å². The molecule has 1 aliphatic carbocycles. The molecule has 1 saturated carbocycles. The van der Waals surface area contributed by atoms with Crippen LogP contribution in [0, 0.1) is 5.92 Å². The lowest BCUT2D eigenvalue weighted by Gasteiger charge is -2.11. The van der Waals surface area contributed by atoms with Gasteiger partial charge in [0.25, 0.3) is 0 Å². The minimum atomic E-state index is 0.0284. The van der Waals surface area contributed by atoms with Gasteiger partial charge in [-0.1, -0.05) is 25.5 Å². The first kappa shape index (κ1) is 14.1. The van der Waals surface area contributed by atoms with Crippen LogP contribution in [0.4, 0.5) is 5.69 Å². The van der Waals surface area contributed by atoms with Crippen molar-refractivity contribution >= 4 is 11.6 Å². The first-order chi connectivity index (χ1) is 9.19. The maximum Gasteiger partial charge on any atom is 0.225 e. The smallest absolute Gasteiger partial charge is 0.225 e. The molecule has 3 N–H and O–H groups in total. The van der Waals surface area contributed by atoms with E-state index in [-0.39, 0.29) is 11.9 Å². The van der Waals surface area contributed by atoms with Crippen LogP contribution in [-0.2, 0) is 11.2 Å². The third-order valence-electron chi connectivity index (χ3n) is 3.71. The van der Waals surface area contributed by atoms with Crippen LogP contribution in [-0.4, -0.2) is 11.9 Å². The van der Waals surface area contributed by atoms with Crippen LogP contribution in [0.1, 0.15) is 44.6 Å². The highest BCUT2D eigenvalue weighted by Crippen LogP contribution is 2.32. The fourth-order valence-corrected chi connectivity index (χ4v) is 2.25. The standard InChI is InChI=1S/C16H24N2O/c1-2-3-4-12-5-9-14(10-6-12)18-16(19)11-15(17)13-7-8-13/h5-6,9-10,13,15H,2-4,7-8,11,17H2,1H3,(H,18,19). The zero-order valence-corrected chi connectivity index (χ0v) is 11.7. The minimum absolute atomic E-state index is 0.0284. The molecule has 104 valence electrons. The zero-order valence-electron chi connectivity index (χ0n) is 11.7. The highest BCUT2D eigenvalue weighted by Gasteiger charge is 2.29. The molecule has 0 radical (unpaired) electrons. The highest BCUT2D eigenvalue weighted by molar-refractivity contribution is 5.91. The van der Waals surface area contributed by atoms with E-state index < -0.39 is 0 Å². The van der Waals surface area contributed by atoms with Crippen molar-refractivity contribution in [2.24, 2.45) is 11.7 Å². The van der Waals surface area contributed by atoms with Crippen molar-refractivity contribution < 1.29 is 4.79 Å². The summed E-state index contributed by atoms with van der Waals surface area (Å²) >= 11 is 0. The lowest BCUT2D eigenvalue weighted by atomic mass is 10.1. The lowest BCUT2D eigenvalue weighted by molar-refractivity contribution is -0.116. The van der Waals surface area contributed by atoms with Crippen molar-refractivity contribution in [2.45, 2.75) is 51.5 Å². The molecule has 3 heteroatoms. The van der Waals surface area contributed by atoms with Crippen LogP contribution in [0.25, 0.3) is 0 Å². The normalized spacial score (nSPS) is 16.1. The van der Waals surface area contributed by atoms with E-state index in [9.17, 15) is 4.79 Å². The average Bonchev–Trinajstić information content (AvgIpc) is 3.22. The van der Waals surface area contributed by atoms with E-state index >= 15 is 0 Å². The van der Waals surface area contributed by atoms with Gasteiger partial charge in [0.2, 0.25) is 5.91 Å². The molecule has 0 bridgehead atoms. The maximum atomic E-state index is 11.8. The summed E-state index contributed by atoms with van der Waals surface area (Å²) in [6, 6.07) is 8.17. The molecule has 1 aromatic rings. The van der Waals surface area contributed by atoms with Gasteiger partial charge in [0, 0.05) is 18.2 Å². The van der Waals surface area contributed by atoms with Gasteiger partial charge in [-0.05, 0) is 49.3 Å². The van der Waals surface area contributed by atoms with Crippen LogP contribution >= 0.6 is 0 Å². The number of nitrogens with one attached hydrogen (secondary N) is 1. The number of benzene rings is 1. The Morgan fingerprint density at radius 3 is 2.63 bits per heavy atom. The van der Waals surface area contributed by atoms with E-state index in [2.05, 4.69) is 24.4 Å². The summed E-state index contributed by atoms with van der Waals surface area (Å²) in [6.07, 6.45) is 6.32. The third kappa shape index (κ3) is 4.67. The Balaban J connectivity index is 1.79. The molecule has 0 aromatic heterocycles. The van der Waals surface area contributed by atoms with Gasteiger partial charge in [0.15, 0.2) is 0 Å². The predicted octanol–water partition coefficient (Wildman–Crippen LogP) is 3.10. The van der Waals surface area contributed by atoms with Crippen molar-refractivity contribution in [3.8, 4) is 0 Å². The molecule has 0 saturated heterocycles. The molecule has 1 unspecified atom stereocenters.